The van der Waals surface area contributed by atoms with Crippen LogP contribution in [0.25, 0.3) is 11.0 Å². The van der Waals surface area contributed by atoms with E-state index in [1.165, 1.54) is 10.5 Å². The van der Waals surface area contributed by atoms with Gasteiger partial charge in [-0.15, -0.1) is 11.8 Å². The van der Waals surface area contributed by atoms with Gasteiger partial charge in [-0.1, -0.05) is 41.4 Å². The van der Waals surface area contributed by atoms with Gasteiger partial charge in [0, 0.05) is 9.92 Å². The van der Waals surface area contributed by atoms with E-state index < -0.39 is 0 Å². The lowest BCUT2D eigenvalue weighted by Crippen LogP contribution is -2.10. The highest BCUT2D eigenvalue weighted by Crippen LogP contribution is 2.26. The zero-order valence-corrected chi connectivity index (χ0v) is 17.2. The highest BCUT2D eigenvalue weighted by molar-refractivity contribution is 7.98. The van der Waals surface area contributed by atoms with Crippen LogP contribution in [0.2, 0.25) is 5.02 Å². The van der Waals surface area contributed by atoms with E-state index in [9.17, 15) is 0 Å². The molecule has 3 aromatic carbocycles. The van der Waals surface area contributed by atoms with Gasteiger partial charge in [-0.2, -0.15) is 0 Å². The molecule has 4 aromatic rings. The van der Waals surface area contributed by atoms with E-state index in [4.69, 9.17) is 21.3 Å². The molecule has 0 N–H and O–H groups in total. The van der Waals surface area contributed by atoms with E-state index in [0.29, 0.717) is 6.61 Å². The van der Waals surface area contributed by atoms with Crippen LogP contribution in [0.15, 0.2) is 77.7 Å². The molecule has 1 aromatic heterocycles. The van der Waals surface area contributed by atoms with Crippen molar-refractivity contribution in [2.45, 2.75) is 24.1 Å². The Kier molecular flexibility index (Phi) is 5.89. The minimum atomic E-state index is 0.599. The molecule has 0 fully saturated rings. The van der Waals surface area contributed by atoms with Gasteiger partial charge in [0.1, 0.15) is 18.2 Å². The maximum absolute atomic E-state index is 5.98. The van der Waals surface area contributed by atoms with Gasteiger partial charge in [0.15, 0.2) is 0 Å². The van der Waals surface area contributed by atoms with Crippen molar-refractivity contribution in [1.82, 2.24) is 9.55 Å². The number of ether oxygens (including phenoxy) is 1. The van der Waals surface area contributed by atoms with Crippen molar-refractivity contribution >= 4 is 34.4 Å². The Morgan fingerprint density at radius 2 is 1.71 bits per heavy atom. The molecule has 0 radical (unpaired) electrons. The van der Waals surface area contributed by atoms with Gasteiger partial charge in [-0.3, -0.25) is 0 Å². The summed E-state index contributed by atoms with van der Waals surface area (Å²) in [6.07, 6.45) is 0. The number of rotatable bonds is 7. The highest BCUT2D eigenvalue weighted by atomic mass is 35.5. The molecule has 1 heterocycles. The molecular formula is C23H21ClN2OS. The van der Waals surface area contributed by atoms with Crippen LogP contribution in [0.3, 0.4) is 0 Å². The summed E-state index contributed by atoms with van der Waals surface area (Å²) < 4.78 is 8.20. The highest BCUT2D eigenvalue weighted by Gasteiger charge is 2.11. The van der Waals surface area contributed by atoms with Crippen molar-refractivity contribution in [3.05, 3.63) is 89.2 Å². The van der Waals surface area contributed by atoms with Crippen molar-refractivity contribution < 1.29 is 4.74 Å². The zero-order valence-electron chi connectivity index (χ0n) is 15.6. The molecule has 0 amide bonds. The van der Waals surface area contributed by atoms with Gasteiger partial charge in [0.25, 0.3) is 0 Å². The number of hydrogen-bond acceptors (Lipinski definition) is 3. The van der Waals surface area contributed by atoms with Crippen molar-refractivity contribution in [3.63, 3.8) is 0 Å². The lowest BCUT2D eigenvalue weighted by molar-refractivity contribution is 0.299. The molecule has 28 heavy (non-hydrogen) atoms. The number of fused-ring (bicyclic) bond motifs is 1. The summed E-state index contributed by atoms with van der Waals surface area (Å²) in [5, 5.41) is 0.754. The second-order valence-corrected chi connectivity index (χ2v) is 8.06. The summed E-state index contributed by atoms with van der Waals surface area (Å²) in [6.45, 7) is 3.43. The quantitative estimate of drug-likeness (QED) is 0.332. The number of para-hydroxylation sites is 2. The molecule has 0 aliphatic carbocycles. The smallest absolute Gasteiger partial charge is 0.120 e. The fraction of sp³-hybridized carbons (Fsp3) is 0.174. The standard InChI is InChI=1S/C23H21ClN2OS/c1-17-6-10-19(11-7-17)27-15-14-26-22-5-3-2-4-21(22)25-23(26)16-28-20-12-8-18(24)9-13-20/h2-13H,14-16H2,1H3. The predicted octanol–water partition coefficient (Wildman–Crippen LogP) is 6.37. The van der Waals surface area contributed by atoms with Crippen molar-refractivity contribution in [2.75, 3.05) is 6.61 Å². The SMILES string of the molecule is Cc1ccc(OCCn2c(CSc3ccc(Cl)cc3)nc3ccccc32)cc1. The summed E-state index contributed by atoms with van der Waals surface area (Å²) in [7, 11) is 0. The second-order valence-electron chi connectivity index (χ2n) is 6.57. The number of aryl methyl sites for hydroxylation is 1. The average Bonchev–Trinajstić information content (AvgIpc) is 3.07. The Labute approximate surface area is 174 Å². The van der Waals surface area contributed by atoms with Crippen LogP contribution in [-0.4, -0.2) is 16.2 Å². The molecule has 0 aliphatic rings. The summed E-state index contributed by atoms with van der Waals surface area (Å²) in [5.74, 6) is 2.74. The zero-order chi connectivity index (χ0) is 19.3. The lowest BCUT2D eigenvalue weighted by atomic mass is 10.2. The largest absolute Gasteiger partial charge is 0.492 e. The van der Waals surface area contributed by atoms with Crippen molar-refractivity contribution in [2.24, 2.45) is 0 Å². The molecule has 142 valence electrons. The number of halogens is 1. The first-order valence-electron chi connectivity index (χ1n) is 9.21. The third kappa shape index (κ3) is 4.51. The third-order valence-electron chi connectivity index (χ3n) is 4.52. The van der Waals surface area contributed by atoms with Gasteiger partial charge in [0.2, 0.25) is 0 Å². The third-order valence-corrected chi connectivity index (χ3v) is 5.78. The minimum Gasteiger partial charge on any atom is -0.492 e. The van der Waals surface area contributed by atoms with E-state index in [-0.39, 0.29) is 0 Å². The molecular weight excluding hydrogens is 388 g/mol. The predicted molar refractivity (Wildman–Crippen MR) is 117 cm³/mol. The van der Waals surface area contributed by atoms with Crippen LogP contribution in [0.5, 0.6) is 5.75 Å². The van der Waals surface area contributed by atoms with Gasteiger partial charge in [-0.25, -0.2) is 4.98 Å². The molecule has 3 nitrogen and oxygen atoms in total. The van der Waals surface area contributed by atoms with Crippen LogP contribution in [0.4, 0.5) is 0 Å². The van der Waals surface area contributed by atoms with Crippen molar-refractivity contribution in [1.29, 1.82) is 0 Å². The fourth-order valence-corrected chi connectivity index (χ4v) is 4.02. The van der Waals surface area contributed by atoms with Crippen LogP contribution < -0.4 is 4.74 Å². The Morgan fingerprint density at radius 3 is 2.50 bits per heavy atom. The molecule has 0 spiro atoms. The maximum atomic E-state index is 5.98. The van der Waals surface area contributed by atoms with E-state index in [0.717, 1.165) is 39.9 Å². The molecule has 4 rings (SSSR count). The van der Waals surface area contributed by atoms with Crippen LogP contribution in [-0.2, 0) is 12.3 Å². The second kappa shape index (κ2) is 8.72. The number of thioether (sulfide) groups is 1. The summed E-state index contributed by atoms with van der Waals surface area (Å²) in [5.41, 5.74) is 3.39. The van der Waals surface area contributed by atoms with Gasteiger partial charge < -0.3 is 9.30 Å². The van der Waals surface area contributed by atoms with E-state index in [2.05, 4.69) is 41.8 Å². The number of aromatic nitrogens is 2. The monoisotopic (exact) mass is 408 g/mol. The normalized spacial score (nSPS) is 11.1. The number of nitrogens with zero attached hydrogens (tertiary/aromatic N) is 2. The molecule has 0 unspecified atom stereocenters. The van der Waals surface area contributed by atoms with Crippen LogP contribution in [0, 0.1) is 6.92 Å². The van der Waals surface area contributed by atoms with Crippen LogP contribution >= 0.6 is 23.4 Å². The summed E-state index contributed by atoms with van der Waals surface area (Å²) >= 11 is 7.74. The molecule has 5 heteroatoms. The molecule has 0 aliphatic heterocycles. The molecule has 0 saturated carbocycles. The Bertz CT molecular complexity index is 1060. The first kappa shape index (κ1) is 18.9. The number of benzene rings is 3. The Morgan fingerprint density at radius 1 is 0.964 bits per heavy atom. The van der Waals surface area contributed by atoms with Gasteiger partial charge in [0.05, 0.1) is 23.3 Å². The first-order valence-corrected chi connectivity index (χ1v) is 10.6. The Balaban J connectivity index is 1.49. The lowest BCUT2D eigenvalue weighted by Gasteiger charge is -2.11. The molecule has 0 atom stereocenters. The Hall–Kier alpha value is -2.43. The molecule has 0 saturated heterocycles. The van der Waals surface area contributed by atoms with Gasteiger partial charge >= 0.3 is 0 Å². The average molecular weight is 409 g/mol. The van der Waals surface area contributed by atoms with Gasteiger partial charge in [-0.05, 0) is 55.5 Å². The number of hydrogen-bond donors (Lipinski definition) is 0. The molecule has 0 bridgehead atoms. The first-order chi connectivity index (χ1) is 13.7. The minimum absolute atomic E-state index is 0.599. The summed E-state index contributed by atoms with van der Waals surface area (Å²) in [6, 6.07) is 24.3. The van der Waals surface area contributed by atoms with E-state index >= 15 is 0 Å². The number of imidazole rings is 1. The maximum Gasteiger partial charge on any atom is 0.120 e. The summed E-state index contributed by atoms with van der Waals surface area (Å²) in [4.78, 5) is 6.02. The van der Waals surface area contributed by atoms with E-state index in [1.54, 1.807) is 11.8 Å². The van der Waals surface area contributed by atoms with E-state index in [1.807, 2.05) is 42.5 Å². The fourth-order valence-electron chi connectivity index (χ4n) is 3.05. The topological polar surface area (TPSA) is 27.1 Å². The van der Waals surface area contributed by atoms with Crippen molar-refractivity contribution in [3.8, 4) is 5.75 Å². The van der Waals surface area contributed by atoms with Crippen LogP contribution in [0.1, 0.15) is 11.4 Å².